The Kier molecular flexibility index (Phi) is 6.00. The molecule has 1 amide bonds. The van der Waals surface area contributed by atoms with Crippen LogP contribution in [0.3, 0.4) is 0 Å². The van der Waals surface area contributed by atoms with Crippen LogP contribution in [0.15, 0.2) is 29.2 Å². The third kappa shape index (κ3) is 4.48. The van der Waals surface area contributed by atoms with Gasteiger partial charge in [-0.2, -0.15) is 17.5 Å². The average Bonchev–Trinajstić information content (AvgIpc) is 2.77. The van der Waals surface area contributed by atoms with Crippen molar-refractivity contribution in [3.05, 3.63) is 29.8 Å². The molecule has 6 rings (SSSR count). The largest absolute Gasteiger partial charge is 0.416 e. The molecule has 188 valence electrons. The van der Waals surface area contributed by atoms with E-state index in [1.165, 1.54) is 29.6 Å². The minimum Gasteiger partial charge on any atom is -0.349 e. The van der Waals surface area contributed by atoms with Gasteiger partial charge in [0.1, 0.15) is 0 Å². The second-order valence-corrected chi connectivity index (χ2v) is 12.8. The van der Waals surface area contributed by atoms with Crippen molar-refractivity contribution in [2.24, 2.45) is 17.8 Å². The summed E-state index contributed by atoms with van der Waals surface area (Å²) in [5.41, 5.74) is -1.06. The molecule has 1 saturated heterocycles. The van der Waals surface area contributed by atoms with Crippen molar-refractivity contribution in [3.63, 3.8) is 0 Å². The quantitative estimate of drug-likeness (QED) is 0.674. The molecule has 0 aromatic heterocycles. The summed E-state index contributed by atoms with van der Waals surface area (Å²) in [6.07, 6.45) is 2.50. The predicted octanol–water partition coefficient (Wildman–Crippen LogP) is 3.49. The molecule has 1 heterocycles. The van der Waals surface area contributed by atoms with E-state index in [1.807, 2.05) is 11.8 Å². The summed E-state index contributed by atoms with van der Waals surface area (Å²) in [6, 6.07) is 3.47. The molecule has 1 N–H and O–H groups in total. The van der Waals surface area contributed by atoms with Gasteiger partial charge in [0, 0.05) is 31.7 Å². The van der Waals surface area contributed by atoms with E-state index in [0.717, 1.165) is 49.1 Å². The molecule has 5 aliphatic rings. The number of benzene rings is 1. The van der Waals surface area contributed by atoms with Crippen molar-refractivity contribution < 1.29 is 26.4 Å². The van der Waals surface area contributed by atoms with Crippen molar-refractivity contribution in [1.82, 2.24) is 14.5 Å². The Morgan fingerprint density at radius 1 is 1.03 bits per heavy atom. The van der Waals surface area contributed by atoms with Crippen molar-refractivity contribution in [3.8, 4) is 0 Å². The van der Waals surface area contributed by atoms with Gasteiger partial charge in [0.15, 0.2) is 0 Å². The Labute approximate surface area is 198 Å². The number of amides is 1. The van der Waals surface area contributed by atoms with Gasteiger partial charge in [-0.25, -0.2) is 8.42 Å². The molecule has 5 fully saturated rings. The zero-order valence-corrected chi connectivity index (χ0v) is 20.2. The maximum Gasteiger partial charge on any atom is 0.416 e. The number of sulfonamides is 1. The van der Waals surface area contributed by atoms with E-state index < -0.39 is 21.8 Å². The first kappa shape index (κ1) is 24.1. The van der Waals surface area contributed by atoms with E-state index >= 15 is 0 Å². The molecule has 0 spiro atoms. The van der Waals surface area contributed by atoms with Crippen LogP contribution < -0.4 is 5.32 Å². The highest BCUT2D eigenvalue weighted by atomic mass is 32.2. The maximum absolute atomic E-state index is 13.2. The van der Waals surface area contributed by atoms with Crippen LogP contribution in [0.2, 0.25) is 0 Å². The van der Waals surface area contributed by atoms with Gasteiger partial charge in [-0.05, 0) is 81.4 Å². The maximum atomic E-state index is 13.2. The number of hydrogen-bond donors (Lipinski definition) is 1. The van der Waals surface area contributed by atoms with E-state index in [4.69, 9.17) is 0 Å². The van der Waals surface area contributed by atoms with E-state index in [2.05, 4.69) is 5.32 Å². The fraction of sp³-hybridized carbons (Fsp3) is 0.708. The third-order valence-electron chi connectivity index (χ3n) is 8.43. The van der Waals surface area contributed by atoms with Crippen LogP contribution in [-0.2, 0) is 21.0 Å². The Balaban J connectivity index is 1.20. The van der Waals surface area contributed by atoms with Gasteiger partial charge < -0.3 is 5.32 Å². The summed E-state index contributed by atoms with van der Waals surface area (Å²) in [4.78, 5) is 14.8. The van der Waals surface area contributed by atoms with E-state index in [9.17, 15) is 26.4 Å². The topological polar surface area (TPSA) is 69.7 Å². The number of rotatable bonds is 5. The number of hydrogen-bond acceptors (Lipinski definition) is 4. The summed E-state index contributed by atoms with van der Waals surface area (Å²) in [7, 11) is -4.04. The Morgan fingerprint density at radius 3 is 2.12 bits per heavy atom. The predicted molar refractivity (Wildman–Crippen MR) is 120 cm³/mol. The van der Waals surface area contributed by atoms with Gasteiger partial charge in [-0.3, -0.25) is 9.69 Å². The average molecular weight is 500 g/mol. The lowest BCUT2D eigenvalue weighted by molar-refractivity contribution is -0.137. The van der Waals surface area contributed by atoms with Gasteiger partial charge in [0.05, 0.1) is 16.5 Å². The molecule has 0 radical (unpaired) electrons. The molecule has 1 aromatic carbocycles. The van der Waals surface area contributed by atoms with E-state index in [0.29, 0.717) is 19.2 Å². The minimum atomic E-state index is -4.61. The Hall–Kier alpha value is -1.65. The van der Waals surface area contributed by atoms with Gasteiger partial charge in [0.25, 0.3) is 0 Å². The van der Waals surface area contributed by atoms with Crippen molar-refractivity contribution in [1.29, 1.82) is 0 Å². The van der Waals surface area contributed by atoms with E-state index in [-0.39, 0.29) is 35.5 Å². The van der Waals surface area contributed by atoms with Gasteiger partial charge in [0.2, 0.25) is 15.9 Å². The van der Waals surface area contributed by atoms with Crippen molar-refractivity contribution in [2.75, 3.05) is 26.2 Å². The first-order chi connectivity index (χ1) is 16.0. The summed E-state index contributed by atoms with van der Waals surface area (Å²) in [5, 5.41) is 3.39. The summed E-state index contributed by atoms with van der Waals surface area (Å²) in [6.45, 7) is 2.83. The van der Waals surface area contributed by atoms with E-state index in [1.54, 1.807) is 0 Å². The van der Waals surface area contributed by atoms with Gasteiger partial charge in [-0.1, -0.05) is 6.07 Å². The Morgan fingerprint density at radius 2 is 1.59 bits per heavy atom. The number of nitrogens with one attached hydrogen (secondary N) is 1. The molecule has 4 aliphatic carbocycles. The lowest BCUT2D eigenvalue weighted by atomic mass is 9.53. The van der Waals surface area contributed by atoms with Crippen LogP contribution in [0.5, 0.6) is 0 Å². The zero-order valence-electron chi connectivity index (χ0n) is 19.4. The van der Waals surface area contributed by atoms with Crippen LogP contribution in [0.4, 0.5) is 13.2 Å². The van der Waals surface area contributed by atoms with Crippen molar-refractivity contribution >= 4 is 15.9 Å². The normalized spacial score (nSPS) is 33.1. The van der Waals surface area contributed by atoms with Gasteiger partial charge >= 0.3 is 6.18 Å². The molecular weight excluding hydrogens is 467 g/mol. The number of halogens is 3. The standard InChI is InChI=1S/C24H32F3N3O3S/c1-16(22(31)28-23-13-17-9-18(14-23)11-19(10-17)15-23)29-5-7-30(8-6-29)34(32,33)21-4-2-3-20(12-21)24(25,26)27/h2-4,12,16-19H,5-11,13-15H2,1H3,(H,28,31)/t16-,17?,18?,19?,23?/m0/s1. The van der Waals surface area contributed by atoms with Crippen LogP contribution in [0.1, 0.15) is 51.0 Å². The molecule has 1 aliphatic heterocycles. The highest BCUT2D eigenvalue weighted by Crippen LogP contribution is 2.55. The SMILES string of the molecule is C[C@@H](C(=O)NC12CC3CC(CC(C3)C1)C2)N1CCN(S(=O)(=O)c2cccc(C(F)(F)F)c2)CC1. The fourth-order valence-electron chi connectivity index (χ4n) is 7.11. The highest BCUT2D eigenvalue weighted by molar-refractivity contribution is 7.89. The molecule has 4 saturated carbocycles. The second-order valence-electron chi connectivity index (χ2n) is 10.8. The molecular formula is C24H32F3N3O3S. The number of alkyl halides is 3. The monoisotopic (exact) mass is 499 g/mol. The first-order valence-corrected chi connectivity index (χ1v) is 13.6. The Bertz CT molecular complexity index is 1020. The van der Waals surface area contributed by atoms with Crippen LogP contribution >= 0.6 is 0 Å². The smallest absolute Gasteiger partial charge is 0.349 e. The van der Waals surface area contributed by atoms with Crippen LogP contribution in [0.25, 0.3) is 0 Å². The van der Waals surface area contributed by atoms with Crippen LogP contribution in [0, 0.1) is 17.8 Å². The lowest BCUT2D eigenvalue weighted by Gasteiger charge is -2.57. The number of nitrogens with zero attached hydrogens (tertiary/aromatic N) is 2. The number of piperazine rings is 1. The molecule has 34 heavy (non-hydrogen) atoms. The highest BCUT2D eigenvalue weighted by Gasteiger charge is 2.52. The van der Waals surface area contributed by atoms with Gasteiger partial charge in [-0.15, -0.1) is 0 Å². The molecule has 10 heteroatoms. The second kappa shape index (κ2) is 8.48. The summed E-state index contributed by atoms with van der Waals surface area (Å²) < 4.78 is 66.2. The van der Waals surface area contributed by atoms with Crippen molar-refractivity contribution in [2.45, 2.75) is 68.1 Å². The summed E-state index contributed by atoms with van der Waals surface area (Å²) in [5.74, 6) is 2.18. The number of carbonyl (C=O) groups is 1. The zero-order chi connectivity index (χ0) is 24.3. The lowest BCUT2D eigenvalue weighted by Crippen LogP contribution is -2.63. The van der Waals surface area contributed by atoms with Crippen LogP contribution in [-0.4, -0.2) is 61.3 Å². The molecule has 6 nitrogen and oxygen atoms in total. The minimum absolute atomic E-state index is 0.00358. The summed E-state index contributed by atoms with van der Waals surface area (Å²) >= 11 is 0. The number of carbonyl (C=O) groups excluding carboxylic acids is 1. The fourth-order valence-corrected chi connectivity index (χ4v) is 8.58. The third-order valence-corrected chi connectivity index (χ3v) is 10.3. The molecule has 1 atom stereocenters. The molecule has 1 aromatic rings. The molecule has 4 bridgehead atoms. The first-order valence-electron chi connectivity index (χ1n) is 12.2. The molecule has 0 unspecified atom stereocenters.